The van der Waals surface area contributed by atoms with Crippen LogP contribution in [0.4, 0.5) is 11.5 Å². The molecule has 0 saturated heterocycles. The number of pyridine rings is 1. The largest absolute Gasteiger partial charge is 0.476 e. The van der Waals surface area contributed by atoms with Crippen LogP contribution < -0.4 is 10.2 Å². The zero-order chi connectivity index (χ0) is 23.0. The van der Waals surface area contributed by atoms with Crippen LogP contribution in [0.2, 0.25) is 5.15 Å². The lowest BCUT2D eigenvalue weighted by molar-refractivity contribution is 0.0691. The first-order chi connectivity index (χ1) is 15.3. The number of rotatable bonds is 7. The summed E-state index contributed by atoms with van der Waals surface area (Å²) in [7, 11) is 1.93. The van der Waals surface area contributed by atoms with Crippen molar-refractivity contribution in [3.63, 3.8) is 0 Å². The fourth-order valence-corrected chi connectivity index (χ4v) is 3.94. The molecule has 1 aliphatic rings. The summed E-state index contributed by atoms with van der Waals surface area (Å²) in [5, 5.41) is 22.5. The molecule has 1 atom stereocenters. The Bertz CT molecular complexity index is 1250. The maximum atomic E-state index is 11.6. The number of aromatic nitrogens is 3. The van der Waals surface area contributed by atoms with E-state index >= 15 is 0 Å². The van der Waals surface area contributed by atoms with Gasteiger partial charge in [0.25, 0.3) is 0 Å². The van der Waals surface area contributed by atoms with Crippen molar-refractivity contribution in [3.8, 4) is 6.07 Å². The van der Waals surface area contributed by atoms with Gasteiger partial charge >= 0.3 is 5.97 Å². The number of carbonyl (C=O) groups is 1. The van der Waals surface area contributed by atoms with Gasteiger partial charge in [-0.15, -0.1) is 0 Å². The Labute approximate surface area is 190 Å². The summed E-state index contributed by atoms with van der Waals surface area (Å²) in [5.41, 5.74) is 3.62. The number of nitriles is 1. The average molecular weight is 451 g/mol. The minimum Gasteiger partial charge on any atom is -0.476 e. The first-order valence-electron chi connectivity index (χ1n) is 10.4. The Kier molecular flexibility index (Phi) is 5.85. The molecule has 0 radical (unpaired) electrons. The maximum Gasteiger partial charge on any atom is 0.356 e. The van der Waals surface area contributed by atoms with Gasteiger partial charge in [0.1, 0.15) is 11.2 Å². The molecule has 32 heavy (non-hydrogen) atoms. The summed E-state index contributed by atoms with van der Waals surface area (Å²) in [6.07, 6.45) is 2.39. The summed E-state index contributed by atoms with van der Waals surface area (Å²) in [6.45, 7) is 4.70. The van der Waals surface area contributed by atoms with Crippen LogP contribution in [-0.4, -0.2) is 39.6 Å². The third-order valence-electron chi connectivity index (χ3n) is 5.52. The van der Waals surface area contributed by atoms with Crippen LogP contribution in [0.1, 0.15) is 53.1 Å². The van der Waals surface area contributed by atoms with Crippen LogP contribution in [0.3, 0.4) is 0 Å². The molecule has 1 fully saturated rings. The van der Waals surface area contributed by atoms with E-state index in [2.05, 4.69) is 21.4 Å². The van der Waals surface area contributed by atoms with Gasteiger partial charge in [0.2, 0.25) is 0 Å². The Balaban J connectivity index is 1.78. The number of hydrogen-bond donors (Lipinski definition) is 2. The van der Waals surface area contributed by atoms with E-state index in [0.717, 1.165) is 17.7 Å². The van der Waals surface area contributed by atoms with Crippen molar-refractivity contribution in [2.24, 2.45) is 5.92 Å². The summed E-state index contributed by atoms with van der Waals surface area (Å²) >= 11 is 5.88. The molecule has 8 nitrogen and oxygen atoms in total. The van der Waals surface area contributed by atoms with E-state index in [1.165, 1.54) is 12.8 Å². The van der Waals surface area contributed by atoms with E-state index in [9.17, 15) is 15.2 Å². The Morgan fingerprint density at radius 3 is 2.75 bits per heavy atom. The standard InChI is InChI=1S/C23H23ClN6O2/c1-12-8-15(13(2)26-16-6-7-19(24)28-21(16)23(31)32)20-17(9-12)27-18(10-25)22(29-20)30(3)11-14-4-5-14/h6-9,13-14,26H,4-5,11H2,1-3H3,(H,31,32)/t13-/m1/s1. The van der Waals surface area contributed by atoms with Crippen molar-refractivity contribution in [2.45, 2.75) is 32.7 Å². The third kappa shape index (κ3) is 4.43. The van der Waals surface area contributed by atoms with Gasteiger partial charge in [-0.05, 0) is 56.4 Å². The van der Waals surface area contributed by atoms with Crippen molar-refractivity contribution in [1.29, 1.82) is 5.26 Å². The zero-order valence-corrected chi connectivity index (χ0v) is 18.8. The molecule has 1 saturated carbocycles. The molecule has 2 aromatic heterocycles. The number of aryl methyl sites for hydroxylation is 1. The van der Waals surface area contributed by atoms with Gasteiger partial charge in [0, 0.05) is 19.2 Å². The molecule has 9 heteroatoms. The third-order valence-corrected chi connectivity index (χ3v) is 5.73. The predicted molar refractivity (Wildman–Crippen MR) is 123 cm³/mol. The molecule has 0 spiro atoms. The average Bonchev–Trinajstić information content (AvgIpc) is 3.57. The van der Waals surface area contributed by atoms with Crippen molar-refractivity contribution in [3.05, 3.63) is 51.9 Å². The molecule has 0 aliphatic heterocycles. The van der Waals surface area contributed by atoms with Crippen LogP contribution in [0.25, 0.3) is 11.0 Å². The summed E-state index contributed by atoms with van der Waals surface area (Å²) in [4.78, 5) is 27.0. The van der Waals surface area contributed by atoms with Crippen LogP contribution in [0.15, 0.2) is 24.3 Å². The predicted octanol–water partition coefficient (Wildman–Crippen LogP) is 4.58. The Morgan fingerprint density at radius 2 is 2.09 bits per heavy atom. The summed E-state index contributed by atoms with van der Waals surface area (Å²) in [5.74, 6) is 0.0243. The number of aromatic carboxylic acids is 1. The summed E-state index contributed by atoms with van der Waals surface area (Å²) in [6, 6.07) is 8.91. The van der Waals surface area contributed by atoms with E-state index in [1.807, 2.05) is 37.9 Å². The number of carboxylic acids is 1. The van der Waals surface area contributed by atoms with Gasteiger partial charge in [-0.2, -0.15) is 5.26 Å². The van der Waals surface area contributed by atoms with Gasteiger partial charge in [-0.1, -0.05) is 17.7 Å². The van der Waals surface area contributed by atoms with Gasteiger partial charge in [-0.25, -0.2) is 19.7 Å². The second kappa shape index (κ2) is 8.60. The lowest BCUT2D eigenvalue weighted by Crippen LogP contribution is -2.23. The Hall–Kier alpha value is -3.44. The number of hydrogen-bond acceptors (Lipinski definition) is 7. The molecule has 1 aromatic carbocycles. The number of halogens is 1. The van der Waals surface area contributed by atoms with E-state index in [0.29, 0.717) is 34.2 Å². The van der Waals surface area contributed by atoms with Crippen molar-refractivity contribution < 1.29 is 9.90 Å². The van der Waals surface area contributed by atoms with E-state index in [-0.39, 0.29) is 16.9 Å². The molecular formula is C23H23ClN6O2. The number of fused-ring (bicyclic) bond motifs is 1. The second-order valence-corrected chi connectivity index (χ2v) is 8.64. The quantitative estimate of drug-likeness (QED) is 0.503. The highest BCUT2D eigenvalue weighted by Crippen LogP contribution is 2.33. The van der Waals surface area contributed by atoms with Gasteiger partial charge in [0.15, 0.2) is 17.2 Å². The van der Waals surface area contributed by atoms with E-state index in [1.54, 1.807) is 12.1 Å². The number of nitrogens with zero attached hydrogens (tertiary/aromatic N) is 5. The van der Waals surface area contributed by atoms with Gasteiger partial charge in [-0.3, -0.25) is 0 Å². The highest BCUT2D eigenvalue weighted by molar-refractivity contribution is 6.29. The normalized spacial score (nSPS) is 14.1. The van der Waals surface area contributed by atoms with Gasteiger partial charge in [0.05, 0.1) is 22.8 Å². The molecule has 3 aromatic rings. The first kappa shape index (κ1) is 21.8. The first-order valence-corrected chi connectivity index (χ1v) is 10.7. The van der Waals surface area contributed by atoms with Crippen LogP contribution in [0, 0.1) is 24.2 Å². The fourth-order valence-electron chi connectivity index (χ4n) is 3.79. The van der Waals surface area contributed by atoms with Crippen LogP contribution in [0.5, 0.6) is 0 Å². The molecule has 1 aliphatic carbocycles. The zero-order valence-electron chi connectivity index (χ0n) is 18.1. The van der Waals surface area contributed by atoms with Crippen molar-refractivity contribution in [1.82, 2.24) is 15.0 Å². The number of anilines is 2. The minimum absolute atomic E-state index is 0.111. The molecule has 0 bridgehead atoms. The maximum absolute atomic E-state index is 11.6. The second-order valence-electron chi connectivity index (χ2n) is 8.25. The highest BCUT2D eigenvalue weighted by Gasteiger charge is 2.26. The molecule has 0 amide bonds. The van der Waals surface area contributed by atoms with Crippen LogP contribution in [-0.2, 0) is 0 Å². The number of benzene rings is 1. The molecule has 2 N–H and O–H groups in total. The molecule has 0 unspecified atom stereocenters. The van der Waals surface area contributed by atoms with Crippen molar-refractivity contribution in [2.75, 3.05) is 23.8 Å². The summed E-state index contributed by atoms with van der Waals surface area (Å²) < 4.78 is 0. The number of carboxylic acid groups (broad SMARTS) is 1. The molecule has 4 rings (SSSR count). The molecule has 164 valence electrons. The highest BCUT2D eigenvalue weighted by atomic mass is 35.5. The van der Waals surface area contributed by atoms with E-state index in [4.69, 9.17) is 16.6 Å². The molecular weight excluding hydrogens is 428 g/mol. The fraction of sp³-hybridized carbons (Fsp3) is 0.348. The number of nitrogens with one attached hydrogen (secondary N) is 1. The monoisotopic (exact) mass is 450 g/mol. The topological polar surface area (TPSA) is 115 Å². The van der Waals surface area contributed by atoms with E-state index < -0.39 is 5.97 Å². The molecule has 2 heterocycles. The Morgan fingerprint density at radius 1 is 1.34 bits per heavy atom. The van der Waals surface area contributed by atoms with Crippen LogP contribution >= 0.6 is 11.6 Å². The lowest BCUT2D eigenvalue weighted by atomic mass is 10.0. The SMILES string of the molecule is Cc1cc([C@@H](C)Nc2ccc(Cl)nc2C(=O)O)c2nc(N(C)CC3CC3)c(C#N)nc2c1. The van der Waals surface area contributed by atoms with Gasteiger partial charge < -0.3 is 15.3 Å². The minimum atomic E-state index is -1.17. The van der Waals surface area contributed by atoms with Crippen molar-refractivity contribution >= 4 is 40.1 Å². The smallest absolute Gasteiger partial charge is 0.356 e. The lowest BCUT2D eigenvalue weighted by Gasteiger charge is -2.22.